The first kappa shape index (κ1) is 18.5. The molecule has 0 saturated carbocycles. The normalized spacial score (nSPS) is 11.2. The molecule has 0 aliphatic carbocycles. The largest absolute Gasteiger partial charge is 0.416 e. The van der Waals surface area contributed by atoms with Gasteiger partial charge in [-0.1, -0.05) is 29.1 Å². The summed E-state index contributed by atoms with van der Waals surface area (Å²) in [6.45, 7) is 1.88. The molecule has 1 N–H and O–H groups in total. The lowest BCUT2D eigenvalue weighted by molar-refractivity contribution is -0.137. The molecule has 0 unspecified atom stereocenters. The lowest BCUT2D eigenvalue weighted by atomic mass is 10.1. The van der Waals surface area contributed by atoms with Crippen LogP contribution >= 0.6 is 0 Å². The summed E-state index contributed by atoms with van der Waals surface area (Å²) in [6.07, 6.45) is 0.177. The van der Waals surface area contributed by atoms with Crippen LogP contribution in [0.25, 0.3) is 11.0 Å². The summed E-state index contributed by atoms with van der Waals surface area (Å²) in [7, 11) is 0. The molecule has 0 atom stereocenters. The fourth-order valence-corrected chi connectivity index (χ4v) is 2.76. The number of benzene rings is 2. The second kappa shape index (κ2) is 7.28. The molecule has 4 rings (SSSR count). The third kappa shape index (κ3) is 3.89. The molecule has 0 aliphatic heterocycles. The van der Waals surface area contributed by atoms with Crippen LogP contribution in [0.15, 0.2) is 59.6 Å². The zero-order valence-electron chi connectivity index (χ0n) is 15.1. The Bertz CT molecular complexity index is 1240. The monoisotopic (exact) mass is 394 g/mol. The van der Waals surface area contributed by atoms with Crippen LogP contribution in [0.1, 0.15) is 22.3 Å². The molecule has 0 spiro atoms. The van der Waals surface area contributed by atoms with Crippen molar-refractivity contribution in [1.82, 2.24) is 15.1 Å². The number of hydrogen-bond acceptors (Lipinski definition) is 5. The maximum Gasteiger partial charge on any atom is 0.416 e. The van der Waals surface area contributed by atoms with Crippen LogP contribution in [0.3, 0.4) is 0 Å². The number of hydrogen-bond donors (Lipinski definition) is 1. The predicted molar refractivity (Wildman–Crippen MR) is 101 cm³/mol. The van der Waals surface area contributed by atoms with E-state index >= 15 is 0 Å². The van der Waals surface area contributed by atoms with E-state index in [0.717, 1.165) is 17.7 Å². The molecule has 0 fully saturated rings. The van der Waals surface area contributed by atoms with Crippen LogP contribution in [0.4, 0.5) is 24.7 Å². The first-order chi connectivity index (χ1) is 13.9. The Morgan fingerprint density at radius 2 is 1.83 bits per heavy atom. The van der Waals surface area contributed by atoms with E-state index in [-0.39, 0.29) is 5.69 Å². The highest BCUT2D eigenvalue weighted by Crippen LogP contribution is 2.33. The second-order valence-electron chi connectivity index (χ2n) is 6.25. The van der Waals surface area contributed by atoms with Gasteiger partial charge in [0.1, 0.15) is 6.33 Å². The van der Waals surface area contributed by atoms with E-state index < -0.39 is 11.7 Å². The zero-order valence-corrected chi connectivity index (χ0v) is 15.1. The maximum atomic E-state index is 12.9. The first-order valence-corrected chi connectivity index (χ1v) is 8.52. The fraction of sp³-hybridized carbons (Fsp3) is 0.0952. The Morgan fingerprint density at radius 1 is 1.03 bits per heavy atom. The average Bonchev–Trinajstić information content (AvgIpc) is 3.10. The van der Waals surface area contributed by atoms with Gasteiger partial charge < -0.3 is 9.84 Å². The summed E-state index contributed by atoms with van der Waals surface area (Å²) < 4.78 is 44.3. The third-order valence-electron chi connectivity index (χ3n) is 4.19. The van der Waals surface area contributed by atoms with Crippen molar-refractivity contribution in [1.29, 1.82) is 0 Å². The molecule has 2 heterocycles. The van der Waals surface area contributed by atoms with Gasteiger partial charge in [0.25, 0.3) is 0 Å². The SMILES string of the molecule is Cc1ccc2c(Nc3cccc(C(F)(F)F)c3)noc2c1C#Cc1cncnc1. The molecule has 8 heteroatoms. The van der Waals surface area contributed by atoms with E-state index in [1.165, 1.54) is 18.5 Å². The summed E-state index contributed by atoms with van der Waals surface area (Å²) in [5, 5.41) is 7.48. The predicted octanol–water partition coefficient (Wildman–Crippen LogP) is 5.09. The highest BCUT2D eigenvalue weighted by molar-refractivity contribution is 5.94. The molecule has 0 amide bonds. The summed E-state index contributed by atoms with van der Waals surface area (Å²) in [5.41, 5.74) is 2.11. The van der Waals surface area contributed by atoms with Crippen LogP contribution < -0.4 is 5.32 Å². The highest BCUT2D eigenvalue weighted by atomic mass is 19.4. The number of nitrogens with one attached hydrogen (secondary N) is 1. The van der Waals surface area contributed by atoms with Crippen LogP contribution in [0.5, 0.6) is 0 Å². The Labute approximate surface area is 163 Å². The molecule has 0 saturated heterocycles. The van der Waals surface area contributed by atoms with Crippen LogP contribution in [-0.4, -0.2) is 15.1 Å². The van der Waals surface area contributed by atoms with Crippen LogP contribution in [0.2, 0.25) is 0 Å². The lowest BCUT2D eigenvalue weighted by Gasteiger charge is -2.09. The number of fused-ring (bicyclic) bond motifs is 1. The molecule has 0 radical (unpaired) electrons. The molecule has 0 aliphatic rings. The van der Waals surface area contributed by atoms with Crippen molar-refractivity contribution in [2.75, 3.05) is 5.32 Å². The van der Waals surface area contributed by atoms with E-state index in [9.17, 15) is 13.2 Å². The lowest BCUT2D eigenvalue weighted by Crippen LogP contribution is -2.05. The van der Waals surface area contributed by atoms with Crippen molar-refractivity contribution >= 4 is 22.5 Å². The Hall–Kier alpha value is -3.86. The van der Waals surface area contributed by atoms with Crippen molar-refractivity contribution in [2.45, 2.75) is 13.1 Å². The van der Waals surface area contributed by atoms with Crippen molar-refractivity contribution in [3.05, 3.63) is 77.4 Å². The average molecular weight is 394 g/mol. The number of halogens is 3. The summed E-state index contributed by atoms with van der Waals surface area (Å²) in [6, 6.07) is 8.52. The molecule has 29 heavy (non-hydrogen) atoms. The first-order valence-electron chi connectivity index (χ1n) is 8.52. The summed E-state index contributed by atoms with van der Waals surface area (Å²) in [4.78, 5) is 7.84. The molecule has 2 aromatic heterocycles. The minimum Gasteiger partial charge on any atom is -0.353 e. The van der Waals surface area contributed by atoms with Gasteiger partial charge in [0, 0.05) is 18.1 Å². The smallest absolute Gasteiger partial charge is 0.353 e. The van der Waals surface area contributed by atoms with Gasteiger partial charge >= 0.3 is 6.18 Å². The van der Waals surface area contributed by atoms with Crippen LogP contribution in [-0.2, 0) is 6.18 Å². The van der Waals surface area contributed by atoms with E-state index in [1.807, 2.05) is 13.0 Å². The maximum absolute atomic E-state index is 12.9. The quantitative estimate of drug-likeness (QED) is 0.480. The van der Waals surface area contributed by atoms with Gasteiger partial charge in [0.05, 0.1) is 22.1 Å². The zero-order chi connectivity index (χ0) is 20.4. The van der Waals surface area contributed by atoms with E-state index in [4.69, 9.17) is 4.52 Å². The standard InChI is InChI=1S/C21H13F3N4O/c1-13-5-7-18-19(17(13)8-6-14-10-25-12-26-11-14)29-28-20(18)27-16-4-2-3-15(9-16)21(22,23)24/h2-5,7,9-12H,1H3,(H,27,28). The van der Waals surface area contributed by atoms with Gasteiger partial charge in [-0.3, -0.25) is 0 Å². The van der Waals surface area contributed by atoms with Crippen molar-refractivity contribution in [3.8, 4) is 11.8 Å². The number of nitrogens with zero attached hydrogens (tertiary/aromatic N) is 3. The number of alkyl halides is 3. The minimum atomic E-state index is -4.43. The van der Waals surface area contributed by atoms with E-state index in [0.29, 0.717) is 27.9 Å². The number of anilines is 2. The van der Waals surface area contributed by atoms with Gasteiger partial charge in [-0.2, -0.15) is 13.2 Å². The van der Waals surface area contributed by atoms with Crippen LogP contribution in [0, 0.1) is 18.8 Å². The number of aromatic nitrogens is 3. The number of rotatable bonds is 2. The van der Waals surface area contributed by atoms with E-state index in [1.54, 1.807) is 18.5 Å². The molecule has 2 aromatic carbocycles. The molecule has 4 aromatic rings. The molecule has 5 nitrogen and oxygen atoms in total. The van der Waals surface area contributed by atoms with Gasteiger partial charge in [0.15, 0.2) is 11.4 Å². The molecule has 0 bridgehead atoms. The Kier molecular flexibility index (Phi) is 4.64. The number of aryl methyl sites for hydroxylation is 1. The molecular weight excluding hydrogens is 381 g/mol. The van der Waals surface area contributed by atoms with E-state index in [2.05, 4.69) is 32.3 Å². The Balaban J connectivity index is 1.71. The topological polar surface area (TPSA) is 63.8 Å². The molecule has 144 valence electrons. The van der Waals surface area contributed by atoms with Gasteiger partial charge in [-0.15, -0.1) is 0 Å². The van der Waals surface area contributed by atoms with Gasteiger partial charge in [-0.05, 0) is 36.8 Å². The summed E-state index contributed by atoms with van der Waals surface area (Å²) in [5.74, 6) is 6.32. The van der Waals surface area contributed by atoms with Crippen molar-refractivity contribution in [3.63, 3.8) is 0 Å². The highest BCUT2D eigenvalue weighted by Gasteiger charge is 2.30. The van der Waals surface area contributed by atoms with Gasteiger partial charge in [-0.25, -0.2) is 9.97 Å². The van der Waals surface area contributed by atoms with Crippen molar-refractivity contribution in [2.24, 2.45) is 0 Å². The Morgan fingerprint density at radius 3 is 2.59 bits per heavy atom. The van der Waals surface area contributed by atoms with Gasteiger partial charge in [0.2, 0.25) is 0 Å². The summed E-state index contributed by atoms with van der Waals surface area (Å²) >= 11 is 0. The molecular formula is C21H13F3N4O. The fourth-order valence-electron chi connectivity index (χ4n) is 2.76. The second-order valence-corrected chi connectivity index (χ2v) is 6.25. The minimum absolute atomic E-state index is 0.254. The third-order valence-corrected chi connectivity index (χ3v) is 4.19. The van der Waals surface area contributed by atoms with Crippen molar-refractivity contribution < 1.29 is 17.7 Å².